The second-order valence-electron chi connectivity index (χ2n) is 8.14. The number of carboxylic acid groups (broad SMARTS) is 1. The molecule has 4 aromatic carbocycles. The Bertz CT molecular complexity index is 2100. The number of azo groups is 2. The number of rotatable bonds is 7. The van der Waals surface area contributed by atoms with Gasteiger partial charge in [0.1, 0.15) is 27.6 Å². The molecule has 4 aromatic rings. The molecule has 0 fully saturated rings. The molecule has 7 N–H and O–H groups in total. The number of carbonyl (C=O) groups is 1. The second-order valence-corrected chi connectivity index (χ2v) is 11.4. The molecule has 0 amide bonds. The largest absolute Gasteiger partial charge is 1.00 e. The number of carboxylic acids is 1. The minimum absolute atomic E-state index is 0. The van der Waals surface area contributed by atoms with Crippen molar-refractivity contribution in [3.63, 3.8) is 0 Å². The number of phenols is 3. The molecule has 0 aliphatic heterocycles. The van der Waals surface area contributed by atoms with Crippen LogP contribution in [0.4, 0.5) is 22.7 Å². The molecule has 0 saturated carbocycles. The van der Waals surface area contributed by atoms with E-state index in [1.54, 1.807) is 24.3 Å². The van der Waals surface area contributed by atoms with Crippen LogP contribution in [0, 0.1) is 0 Å². The molecule has 0 radical (unpaired) electrons. The van der Waals surface area contributed by atoms with Gasteiger partial charge in [0, 0.05) is 10.8 Å². The monoisotopic (exact) mass is 761 g/mol. The molecule has 0 spiro atoms. The van der Waals surface area contributed by atoms with Crippen LogP contribution in [0.3, 0.4) is 0 Å². The van der Waals surface area contributed by atoms with Crippen LogP contribution in [-0.4, -0.2) is 65.7 Å². The van der Waals surface area contributed by atoms with E-state index in [2.05, 4.69) is 20.5 Å². The molecule has 25 heteroatoms. The van der Waals surface area contributed by atoms with E-state index in [1.165, 1.54) is 12.1 Å². The fraction of sp³-hybridized carbons (Fsp3) is 0. The fourth-order valence-electron chi connectivity index (χ4n) is 3.51. The van der Waals surface area contributed by atoms with Gasteiger partial charge < -0.3 is 29.5 Å². The zero-order valence-corrected chi connectivity index (χ0v) is 35.7. The van der Waals surface area contributed by atoms with Gasteiger partial charge in [0.25, 0.3) is 20.2 Å². The van der Waals surface area contributed by atoms with Crippen molar-refractivity contribution < 1.29 is 183 Å². The first-order valence-corrected chi connectivity index (χ1v) is 15.1. The topological polar surface area (TPSA) is 317 Å². The summed E-state index contributed by atoms with van der Waals surface area (Å²) in [5.74, 6) is -4.17. The molecule has 0 aliphatic carbocycles. The number of hydrogen-bond acceptors (Lipinski definition) is 14. The first-order chi connectivity index (χ1) is 20.4. The van der Waals surface area contributed by atoms with Crippen molar-refractivity contribution in [2.45, 2.75) is 9.79 Å². The number of fused-ring (bicyclic) bond motifs is 1. The summed E-state index contributed by atoms with van der Waals surface area (Å²) >= 11 is -2.86. The summed E-state index contributed by atoms with van der Waals surface area (Å²) < 4.78 is 89.1. The average Bonchev–Trinajstić information content (AvgIpc) is 2.90. The normalized spacial score (nSPS) is 11.7. The van der Waals surface area contributed by atoms with Crippen molar-refractivity contribution in [1.82, 2.24) is 0 Å². The number of phenolic OH excluding ortho intramolecular Hbond substituents is 1. The number of aromatic hydroxyl groups is 3. The minimum atomic E-state index is -5.12. The van der Waals surface area contributed by atoms with Crippen molar-refractivity contribution in [2.24, 2.45) is 20.5 Å². The quantitative estimate of drug-likeness (QED) is 0.0398. The first-order valence-electron chi connectivity index (χ1n) is 11.2. The second kappa shape index (κ2) is 20.8. The van der Waals surface area contributed by atoms with Gasteiger partial charge in [-0.15, -0.1) is 20.5 Å². The van der Waals surface area contributed by atoms with Crippen LogP contribution in [-0.2, 0) is 31.6 Å². The Hall–Kier alpha value is -0.900. The molecular formula is C23H17N4Na4O14S3+3. The molecule has 4 rings (SSSR count). The van der Waals surface area contributed by atoms with E-state index < -0.39 is 75.9 Å². The van der Waals surface area contributed by atoms with Gasteiger partial charge in [0.05, 0.1) is 27.6 Å². The SMILES string of the molecule is O=C(O)c1c(O)ccc(N=Nc2ccc(N=Nc3cc(S(=O)(=O)O)cc(S(=O)(=O)O)c3O)c3ccccc23)c1O.O=S([O-])O.[Na+].[Na+].[Na+].[Na+]. The van der Waals surface area contributed by atoms with E-state index in [-0.39, 0.29) is 135 Å². The van der Waals surface area contributed by atoms with Crippen LogP contribution in [0.5, 0.6) is 17.2 Å². The summed E-state index contributed by atoms with van der Waals surface area (Å²) in [5.41, 5.74) is -1.35. The predicted molar refractivity (Wildman–Crippen MR) is 148 cm³/mol. The Kier molecular flexibility index (Phi) is 21.4. The molecule has 48 heavy (non-hydrogen) atoms. The molecule has 0 bridgehead atoms. The zero-order valence-electron chi connectivity index (χ0n) is 25.3. The van der Waals surface area contributed by atoms with E-state index in [4.69, 9.17) is 13.3 Å². The molecule has 0 saturated heterocycles. The minimum Gasteiger partial charge on any atom is -0.750 e. The summed E-state index contributed by atoms with van der Waals surface area (Å²) in [6.45, 7) is 0. The Labute approximate surface area is 362 Å². The van der Waals surface area contributed by atoms with Crippen molar-refractivity contribution in [1.29, 1.82) is 0 Å². The van der Waals surface area contributed by atoms with E-state index in [1.807, 2.05) is 0 Å². The van der Waals surface area contributed by atoms with Gasteiger partial charge in [0.2, 0.25) is 0 Å². The fourth-order valence-corrected chi connectivity index (χ4v) is 4.74. The van der Waals surface area contributed by atoms with Gasteiger partial charge in [-0.25, -0.2) is 9.00 Å². The number of benzene rings is 4. The van der Waals surface area contributed by atoms with Gasteiger partial charge in [0.15, 0.2) is 11.5 Å². The molecule has 0 aromatic heterocycles. The smallest absolute Gasteiger partial charge is 0.750 e. The zero-order chi connectivity index (χ0) is 33.0. The Morgan fingerprint density at radius 1 is 0.667 bits per heavy atom. The predicted octanol–water partition coefficient (Wildman–Crippen LogP) is -7.67. The molecule has 0 aliphatic rings. The molecule has 232 valence electrons. The van der Waals surface area contributed by atoms with Crippen molar-refractivity contribution in [3.05, 3.63) is 66.2 Å². The van der Waals surface area contributed by atoms with Gasteiger partial charge in [-0.1, -0.05) is 24.3 Å². The summed E-state index contributed by atoms with van der Waals surface area (Å²) in [5, 5.41) is 55.6. The number of aromatic carboxylic acids is 1. The number of hydrogen-bond donors (Lipinski definition) is 7. The Morgan fingerprint density at radius 3 is 1.50 bits per heavy atom. The third kappa shape index (κ3) is 13.0. The maximum absolute atomic E-state index is 11.6. The molecular weight excluding hydrogens is 744 g/mol. The summed E-state index contributed by atoms with van der Waals surface area (Å²) in [6, 6.07) is 12.4. The van der Waals surface area contributed by atoms with Gasteiger partial charge in [-0.2, -0.15) is 16.8 Å². The van der Waals surface area contributed by atoms with Gasteiger partial charge in [-0.05, 0) is 36.4 Å². The van der Waals surface area contributed by atoms with E-state index in [0.717, 1.165) is 12.1 Å². The van der Waals surface area contributed by atoms with E-state index in [0.29, 0.717) is 22.9 Å². The van der Waals surface area contributed by atoms with Crippen molar-refractivity contribution in [2.75, 3.05) is 0 Å². The van der Waals surface area contributed by atoms with Crippen LogP contribution in [0.1, 0.15) is 10.4 Å². The number of nitrogens with zero attached hydrogens (tertiary/aromatic N) is 4. The molecule has 1 atom stereocenters. The maximum atomic E-state index is 11.6. The standard InChI is InChI=1S/C23H16N4O11S2.4Na.H2O3S/c28-18-8-7-16(22(30)20(18)23(31)32)26-24-14-5-6-15(13-4-2-1-3-12(13)14)25-27-17-9-11(39(33,34)35)10-19(21(17)29)40(36,37)38;;;;;1-4(2)3/h1-10,28-30H,(H,31,32)(H,33,34,35)(H,36,37,38);;;;;(H2,1,2,3)/q;4*+1;/p-1. The molecule has 0 heterocycles. The summed E-state index contributed by atoms with van der Waals surface area (Å²) in [7, 11) is -10.1. The van der Waals surface area contributed by atoms with Crippen LogP contribution < -0.4 is 118 Å². The van der Waals surface area contributed by atoms with Crippen molar-refractivity contribution >= 4 is 71.1 Å². The Balaban J connectivity index is 0. The maximum Gasteiger partial charge on any atom is 1.00 e. The van der Waals surface area contributed by atoms with Crippen LogP contribution >= 0.6 is 0 Å². The van der Waals surface area contributed by atoms with Crippen molar-refractivity contribution in [3.8, 4) is 17.2 Å². The van der Waals surface area contributed by atoms with Crippen LogP contribution in [0.25, 0.3) is 10.8 Å². The summed E-state index contributed by atoms with van der Waals surface area (Å²) in [4.78, 5) is 9.09. The van der Waals surface area contributed by atoms with Crippen LogP contribution in [0.2, 0.25) is 0 Å². The third-order valence-corrected chi connectivity index (χ3v) is 7.06. The molecule has 18 nitrogen and oxygen atoms in total. The summed E-state index contributed by atoms with van der Waals surface area (Å²) in [6.07, 6.45) is 0. The first kappa shape index (κ1) is 49.2. The van der Waals surface area contributed by atoms with Crippen LogP contribution in [0.15, 0.2) is 90.9 Å². The van der Waals surface area contributed by atoms with E-state index >= 15 is 0 Å². The van der Waals surface area contributed by atoms with Gasteiger partial charge >= 0.3 is 124 Å². The Morgan fingerprint density at radius 2 is 1.08 bits per heavy atom. The van der Waals surface area contributed by atoms with Gasteiger partial charge in [-0.3, -0.25) is 9.11 Å². The molecule has 1 unspecified atom stereocenters. The third-order valence-electron chi connectivity index (χ3n) is 5.36. The average molecular weight is 762 g/mol. The van der Waals surface area contributed by atoms with E-state index in [9.17, 15) is 51.2 Å².